The van der Waals surface area contributed by atoms with Crippen LogP contribution >= 0.6 is 15.9 Å². The zero-order chi connectivity index (χ0) is 14.5. The van der Waals surface area contributed by atoms with Crippen LogP contribution < -0.4 is 14.8 Å². The molecule has 3 nitrogen and oxygen atoms in total. The summed E-state index contributed by atoms with van der Waals surface area (Å²) in [6.45, 7) is 2.82. The number of benzene rings is 2. The van der Waals surface area contributed by atoms with Gasteiger partial charge in [-0.2, -0.15) is 0 Å². The minimum Gasteiger partial charge on any atom is -0.493 e. The molecule has 2 aromatic carbocycles. The number of ether oxygens (including phenoxy) is 2. The van der Waals surface area contributed by atoms with Crippen molar-refractivity contribution in [3.63, 3.8) is 0 Å². The standard InChI is InChI=1S/C16H18BrNO2/c1-11-8-13(17)5-6-14(11)18-10-12-4-7-15(19-2)16(9-12)20-3/h4-9,18H,10H2,1-3H3. The Hall–Kier alpha value is -1.68. The lowest BCUT2D eigenvalue weighted by atomic mass is 10.1. The summed E-state index contributed by atoms with van der Waals surface area (Å²) < 4.78 is 11.6. The maximum absolute atomic E-state index is 5.31. The van der Waals surface area contributed by atoms with Crippen LogP contribution in [0.25, 0.3) is 0 Å². The van der Waals surface area contributed by atoms with Crippen molar-refractivity contribution in [1.29, 1.82) is 0 Å². The summed E-state index contributed by atoms with van der Waals surface area (Å²) in [6.07, 6.45) is 0. The van der Waals surface area contributed by atoms with Crippen LogP contribution in [0.4, 0.5) is 5.69 Å². The molecule has 0 heterocycles. The van der Waals surface area contributed by atoms with Crippen molar-refractivity contribution in [2.24, 2.45) is 0 Å². The second kappa shape index (κ2) is 6.66. The number of anilines is 1. The van der Waals surface area contributed by atoms with Gasteiger partial charge in [0, 0.05) is 16.7 Å². The molecule has 4 heteroatoms. The lowest BCUT2D eigenvalue weighted by Gasteiger charge is -2.12. The Balaban J connectivity index is 2.10. The third-order valence-electron chi connectivity index (χ3n) is 3.12. The molecular formula is C16H18BrNO2. The van der Waals surface area contributed by atoms with Gasteiger partial charge in [-0.25, -0.2) is 0 Å². The van der Waals surface area contributed by atoms with E-state index in [9.17, 15) is 0 Å². The van der Waals surface area contributed by atoms with Crippen molar-refractivity contribution in [3.05, 3.63) is 52.0 Å². The van der Waals surface area contributed by atoms with E-state index in [0.717, 1.165) is 33.8 Å². The summed E-state index contributed by atoms with van der Waals surface area (Å²) in [7, 11) is 3.29. The Morgan fingerprint density at radius 3 is 2.40 bits per heavy atom. The average Bonchev–Trinajstić information content (AvgIpc) is 2.46. The molecule has 2 rings (SSSR count). The van der Waals surface area contributed by atoms with Gasteiger partial charge in [0.15, 0.2) is 11.5 Å². The van der Waals surface area contributed by atoms with Crippen molar-refractivity contribution in [3.8, 4) is 11.5 Å². The summed E-state index contributed by atoms with van der Waals surface area (Å²) >= 11 is 3.47. The molecule has 0 fully saturated rings. The minimum atomic E-state index is 0.739. The van der Waals surface area contributed by atoms with Gasteiger partial charge < -0.3 is 14.8 Å². The number of aryl methyl sites for hydroxylation is 1. The maximum atomic E-state index is 5.31. The number of methoxy groups -OCH3 is 2. The van der Waals surface area contributed by atoms with Crippen LogP contribution in [-0.2, 0) is 6.54 Å². The Morgan fingerprint density at radius 1 is 1.00 bits per heavy atom. The van der Waals surface area contributed by atoms with E-state index in [1.165, 1.54) is 5.56 Å². The molecule has 0 saturated carbocycles. The zero-order valence-electron chi connectivity index (χ0n) is 11.9. The molecular weight excluding hydrogens is 318 g/mol. The van der Waals surface area contributed by atoms with Gasteiger partial charge in [0.05, 0.1) is 14.2 Å². The molecule has 0 atom stereocenters. The number of hydrogen-bond acceptors (Lipinski definition) is 3. The van der Waals surface area contributed by atoms with Crippen molar-refractivity contribution in [2.45, 2.75) is 13.5 Å². The Morgan fingerprint density at radius 2 is 1.75 bits per heavy atom. The first-order chi connectivity index (χ1) is 9.63. The SMILES string of the molecule is COc1ccc(CNc2ccc(Br)cc2C)cc1OC. The summed E-state index contributed by atoms with van der Waals surface area (Å²) in [5.74, 6) is 1.50. The highest BCUT2D eigenvalue weighted by Crippen LogP contribution is 2.28. The molecule has 0 spiro atoms. The van der Waals surface area contributed by atoms with Crippen LogP contribution in [0.15, 0.2) is 40.9 Å². The first kappa shape index (κ1) is 14.7. The van der Waals surface area contributed by atoms with Crippen LogP contribution in [0.2, 0.25) is 0 Å². The van der Waals surface area contributed by atoms with Crippen LogP contribution in [0.3, 0.4) is 0 Å². The number of halogens is 1. The lowest BCUT2D eigenvalue weighted by Crippen LogP contribution is -2.01. The van der Waals surface area contributed by atoms with Crippen molar-refractivity contribution >= 4 is 21.6 Å². The fraction of sp³-hybridized carbons (Fsp3) is 0.250. The Labute approximate surface area is 128 Å². The highest BCUT2D eigenvalue weighted by Gasteiger charge is 2.05. The third-order valence-corrected chi connectivity index (χ3v) is 3.61. The van der Waals surface area contributed by atoms with E-state index in [2.05, 4.69) is 40.3 Å². The number of hydrogen-bond donors (Lipinski definition) is 1. The first-order valence-corrected chi connectivity index (χ1v) is 7.14. The fourth-order valence-electron chi connectivity index (χ4n) is 2.01. The molecule has 106 valence electrons. The van der Waals surface area contributed by atoms with Crippen molar-refractivity contribution < 1.29 is 9.47 Å². The summed E-state index contributed by atoms with van der Waals surface area (Å²) in [6, 6.07) is 12.1. The lowest BCUT2D eigenvalue weighted by molar-refractivity contribution is 0.354. The van der Waals surface area contributed by atoms with Crippen LogP contribution in [0.5, 0.6) is 11.5 Å². The Kier molecular flexibility index (Phi) is 4.90. The van der Waals surface area contributed by atoms with Crippen LogP contribution in [0.1, 0.15) is 11.1 Å². The van der Waals surface area contributed by atoms with E-state index in [0.29, 0.717) is 0 Å². The summed E-state index contributed by atoms with van der Waals surface area (Å²) in [5.41, 5.74) is 3.48. The smallest absolute Gasteiger partial charge is 0.161 e. The van der Waals surface area contributed by atoms with Gasteiger partial charge in [-0.15, -0.1) is 0 Å². The quantitative estimate of drug-likeness (QED) is 0.879. The van der Waals surface area contributed by atoms with Gasteiger partial charge >= 0.3 is 0 Å². The van der Waals surface area contributed by atoms with Gasteiger partial charge in [0.25, 0.3) is 0 Å². The van der Waals surface area contributed by atoms with Crippen molar-refractivity contribution in [1.82, 2.24) is 0 Å². The number of rotatable bonds is 5. The van der Waals surface area contributed by atoms with Gasteiger partial charge in [-0.05, 0) is 48.4 Å². The average molecular weight is 336 g/mol. The highest BCUT2D eigenvalue weighted by atomic mass is 79.9. The molecule has 20 heavy (non-hydrogen) atoms. The largest absolute Gasteiger partial charge is 0.493 e. The minimum absolute atomic E-state index is 0.739. The van der Waals surface area contributed by atoms with Gasteiger partial charge in [0.1, 0.15) is 0 Å². The van der Waals surface area contributed by atoms with Crippen LogP contribution in [0, 0.1) is 6.92 Å². The number of nitrogens with one attached hydrogen (secondary N) is 1. The molecule has 0 aliphatic carbocycles. The normalized spacial score (nSPS) is 10.2. The second-order valence-electron chi connectivity index (χ2n) is 4.50. The molecule has 0 saturated heterocycles. The molecule has 0 bridgehead atoms. The van der Waals surface area contributed by atoms with Gasteiger partial charge in [0.2, 0.25) is 0 Å². The molecule has 0 aliphatic rings. The Bertz CT molecular complexity index is 599. The molecule has 0 aromatic heterocycles. The van der Waals surface area contributed by atoms with Crippen LogP contribution in [-0.4, -0.2) is 14.2 Å². The van der Waals surface area contributed by atoms with E-state index in [1.807, 2.05) is 24.3 Å². The predicted octanol–water partition coefficient (Wildman–Crippen LogP) is 4.39. The molecule has 0 radical (unpaired) electrons. The predicted molar refractivity (Wildman–Crippen MR) is 85.8 cm³/mol. The van der Waals surface area contributed by atoms with Gasteiger partial charge in [-0.1, -0.05) is 22.0 Å². The van der Waals surface area contributed by atoms with E-state index in [4.69, 9.17) is 9.47 Å². The van der Waals surface area contributed by atoms with E-state index >= 15 is 0 Å². The molecule has 2 aromatic rings. The molecule has 0 amide bonds. The van der Waals surface area contributed by atoms with Gasteiger partial charge in [-0.3, -0.25) is 0 Å². The first-order valence-electron chi connectivity index (χ1n) is 6.35. The van der Waals surface area contributed by atoms with Crippen molar-refractivity contribution in [2.75, 3.05) is 19.5 Å². The highest BCUT2D eigenvalue weighted by molar-refractivity contribution is 9.10. The topological polar surface area (TPSA) is 30.5 Å². The summed E-state index contributed by atoms with van der Waals surface area (Å²) in [5, 5.41) is 3.43. The van der Waals surface area contributed by atoms with E-state index in [1.54, 1.807) is 14.2 Å². The molecule has 0 aliphatic heterocycles. The second-order valence-corrected chi connectivity index (χ2v) is 5.42. The van der Waals surface area contributed by atoms with E-state index < -0.39 is 0 Å². The zero-order valence-corrected chi connectivity index (χ0v) is 13.5. The third kappa shape index (κ3) is 3.45. The monoisotopic (exact) mass is 335 g/mol. The molecule has 1 N–H and O–H groups in total. The van der Waals surface area contributed by atoms with E-state index in [-0.39, 0.29) is 0 Å². The molecule has 0 unspecified atom stereocenters. The maximum Gasteiger partial charge on any atom is 0.161 e. The fourth-order valence-corrected chi connectivity index (χ4v) is 2.49. The summed E-state index contributed by atoms with van der Waals surface area (Å²) in [4.78, 5) is 0.